The fourth-order valence-corrected chi connectivity index (χ4v) is 6.08. The van der Waals surface area contributed by atoms with Gasteiger partial charge < -0.3 is 0 Å². The molecule has 0 aliphatic carbocycles. The zero-order chi connectivity index (χ0) is 21.9. The summed E-state index contributed by atoms with van der Waals surface area (Å²) in [6.07, 6.45) is 1.48. The Hall–Kier alpha value is -1.71. The molecule has 30 heavy (non-hydrogen) atoms. The number of fused-ring (bicyclic) bond motifs is 1. The molecule has 0 aliphatic heterocycles. The first-order valence-electron chi connectivity index (χ1n) is 9.43. The maximum Gasteiger partial charge on any atom is 0.258 e. The number of carbonyl (C=O) groups is 1. The molecule has 0 saturated carbocycles. The van der Waals surface area contributed by atoms with Gasteiger partial charge in [0.2, 0.25) is 10.0 Å². The quantitative estimate of drug-likeness (QED) is 0.445. The van der Waals surface area contributed by atoms with E-state index in [-0.39, 0.29) is 15.5 Å². The highest BCUT2D eigenvalue weighted by atomic mass is 35.5. The van der Waals surface area contributed by atoms with Crippen molar-refractivity contribution in [3.63, 3.8) is 0 Å². The minimum atomic E-state index is -3.59. The molecule has 2 aromatic carbocycles. The number of hydrogen-bond acceptors (Lipinski definition) is 5. The number of benzene rings is 2. The van der Waals surface area contributed by atoms with Crippen LogP contribution >= 0.6 is 34.5 Å². The molecule has 6 nitrogen and oxygen atoms in total. The normalized spacial score (nSPS) is 11.9. The Balaban J connectivity index is 1.88. The summed E-state index contributed by atoms with van der Waals surface area (Å²) in [5.74, 6) is -0.416. The summed E-state index contributed by atoms with van der Waals surface area (Å²) in [5, 5.41) is 3.74. The van der Waals surface area contributed by atoms with E-state index in [0.29, 0.717) is 33.5 Å². The number of nitrogens with one attached hydrogen (secondary N) is 1. The van der Waals surface area contributed by atoms with Crippen LogP contribution in [0.3, 0.4) is 0 Å². The summed E-state index contributed by atoms with van der Waals surface area (Å²) in [6.45, 7) is 4.85. The highest BCUT2D eigenvalue weighted by Crippen LogP contribution is 2.30. The number of sulfonamides is 1. The summed E-state index contributed by atoms with van der Waals surface area (Å²) in [4.78, 5) is 17.1. The largest absolute Gasteiger partial charge is 0.298 e. The molecule has 1 heterocycles. The van der Waals surface area contributed by atoms with Gasteiger partial charge in [-0.05, 0) is 49.2 Å². The second-order valence-electron chi connectivity index (χ2n) is 6.63. The van der Waals surface area contributed by atoms with E-state index in [2.05, 4.69) is 10.3 Å². The first-order valence-corrected chi connectivity index (χ1v) is 12.4. The van der Waals surface area contributed by atoms with Crippen LogP contribution in [0.5, 0.6) is 0 Å². The van der Waals surface area contributed by atoms with Crippen LogP contribution in [0.2, 0.25) is 10.0 Å². The fourth-order valence-electron chi connectivity index (χ4n) is 2.96. The van der Waals surface area contributed by atoms with Crippen LogP contribution in [0.15, 0.2) is 41.3 Å². The Morgan fingerprint density at radius 1 is 1.10 bits per heavy atom. The molecule has 3 rings (SSSR count). The van der Waals surface area contributed by atoms with Gasteiger partial charge in [0, 0.05) is 18.1 Å². The summed E-state index contributed by atoms with van der Waals surface area (Å²) in [6, 6.07) is 9.42. The van der Waals surface area contributed by atoms with Crippen LogP contribution in [0, 0.1) is 0 Å². The molecule has 0 spiro atoms. The molecule has 0 atom stereocenters. The Labute approximate surface area is 189 Å². The van der Waals surface area contributed by atoms with E-state index in [1.54, 1.807) is 24.3 Å². The average molecular weight is 486 g/mol. The molecular weight excluding hydrogens is 465 g/mol. The van der Waals surface area contributed by atoms with E-state index in [0.717, 1.165) is 12.8 Å². The van der Waals surface area contributed by atoms with Crippen molar-refractivity contribution in [1.82, 2.24) is 9.29 Å². The average Bonchev–Trinajstić information content (AvgIpc) is 3.09. The van der Waals surface area contributed by atoms with Gasteiger partial charge in [-0.15, -0.1) is 0 Å². The fraction of sp³-hybridized carbons (Fsp3) is 0.300. The Kier molecular flexibility index (Phi) is 7.36. The zero-order valence-electron chi connectivity index (χ0n) is 16.5. The first kappa shape index (κ1) is 23.0. The van der Waals surface area contributed by atoms with E-state index in [4.69, 9.17) is 23.2 Å². The number of rotatable bonds is 8. The molecule has 10 heteroatoms. The molecule has 1 aromatic heterocycles. The van der Waals surface area contributed by atoms with Gasteiger partial charge in [-0.25, -0.2) is 13.4 Å². The van der Waals surface area contributed by atoms with Crippen molar-refractivity contribution in [1.29, 1.82) is 0 Å². The van der Waals surface area contributed by atoms with Gasteiger partial charge in [0.15, 0.2) is 5.13 Å². The van der Waals surface area contributed by atoms with E-state index in [1.807, 2.05) is 13.8 Å². The summed E-state index contributed by atoms with van der Waals surface area (Å²) >= 11 is 13.2. The third-order valence-electron chi connectivity index (χ3n) is 4.34. The standard InChI is InChI=1S/C20H21Cl2N3O3S2/c1-3-9-25(10-4-2)30(27,28)14-6-8-17-18(12-14)29-20(23-17)24-19(26)15-7-5-13(21)11-16(15)22/h5-8,11-12H,3-4,9-10H2,1-2H3,(H,23,24,26). The Morgan fingerprint density at radius 2 is 1.80 bits per heavy atom. The van der Waals surface area contributed by atoms with Crippen LogP contribution < -0.4 is 5.32 Å². The van der Waals surface area contributed by atoms with Crippen molar-refractivity contribution in [2.75, 3.05) is 18.4 Å². The monoisotopic (exact) mass is 485 g/mol. The lowest BCUT2D eigenvalue weighted by Gasteiger charge is -2.20. The Bertz CT molecular complexity index is 1170. The number of halogens is 2. The van der Waals surface area contributed by atoms with E-state index >= 15 is 0 Å². The lowest BCUT2D eigenvalue weighted by Crippen LogP contribution is -2.32. The SMILES string of the molecule is CCCN(CCC)S(=O)(=O)c1ccc2nc(NC(=O)c3ccc(Cl)cc3Cl)sc2c1. The zero-order valence-corrected chi connectivity index (χ0v) is 19.6. The number of amides is 1. The number of carbonyl (C=O) groups excluding carboxylic acids is 1. The second-order valence-corrected chi connectivity index (χ2v) is 10.4. The number of nitrogens with zero attached hydrogens (tertiary/aromatic N) is 2. The number of hydrogen-bond donors (Lipinski definition) is 1. The van der Waals surface area contributed by atoms with Crippen molar-refractivity contribution < 1.29 is 13.2 Å². The molecule has 0 radical (unpaired) electrons. The predicted octanol–water partition coefficient (Wildman–Crippen LogP) is 5.67. The third kappa shape index (κ3) is 4.95. The van der Waals surface area contributed by atoms with Gasteiger partial charge in [0.1, 0.15) is 0 Å². The van der Waals surface area contributed by atoms with Gasteiger partial charge in [0.05, 0.1) is 25.7 Å². The smallest absolute Gasteiger partial charge is 0.258 e. The van der Waals surface area contributed by atoms with Crippen LogP contribution in [-0.2, 0) is 10.0 Å². The van der Waals surface area contributed by atoms with Crippen molar-refractivity contribution in [3.8, 4) is 0 Å². The van der Waals surface area contributed by atoms with Crippen molar-refractivity contribution in [2.45, 2.75) is 31.6 Å². The molecule has 0 fully saturated rings. The topological polar surface area (TPSA) is 79.4 Å². The van der Waals surface area contributed by atoms with Crippen LogP contribution in [-0.4, -0.2) is 36.7 Å². The summed E-state index contributed by atoms with van der Waals surface area (Å²) in [7, 11) is -3.59. The van der Waals surface area contributed by atoms with Gasteiger partial charge in [-0.2, -0.15) is 4.31 Å². The molecule has 0 aliphatic rings. The van der Waals surface area contributed by atoms with Gasteiger partial charge in [-0.1, -0.05) is 48.4 Å². The van der Waals surface area contributed by atoms with Gasteiger partial charge >= 0.3 is 0 Å². The van der Waals surface area contributed by atoms with Gasteiger partial charge in [-0.3, -0.25) is 10.1 Å². The lowest BCUT2D eigenvalue weighted by molar-refractivity contribution is 0.102. The summed E-state index contributed by atoms with van der Waals surface area (Å²) in [5.41, 5.74) is 0.882. The minimum absolute atomic E-state index is 0.221. The van der Waals surface area contributed by atoms with Gasteiger partial charge in [0.25, 0.3) is 5.91 Å². The Morgan fingerprint density at radius 3 is 2.43 bits per heavy atom. The predicted molar refractivity (Wildman–Crippen MR) is 123 cm³/mol. The van der Waals surface area contributed by atoms with Crippen LogP contribution in [0.4, 0.5) is 5.13 Å². The maximum absolute atomic E-state index is 13.0. The van der Waals surface area contributed by atoms with Crippen molar-refractivity contribution in [3.05, 3.63) is 52.0 Å². The molecule has 0 bridgehead atoms. The molecule has 160 valence electrons. The second kappa shape index (κ2) is 9.62. The molecule has 0 unspecified atom stereocenters. The third-order valence-corrected chi connectivity index (χ3v) is 7.72. The number of anilines is 1. The molecule has 3 aromatic rings. The highest BCUT2D eigenvalue weighted by molar-refractivity contribution is 7.89. The number of thiazole rings is 1. The number of aromatic nitrogens is 1. The molecule has 0 saturated heterocycles. The van der Waals surface area contributed by atoms with E-state index in [9.17, 15) is 13.2 Å². The molecular formula is C20H21Cl2N3O3S2. The lowest BCUT2D eigenvalue weighted by atomic mass is 10.2. The molecule has 1 N–H and O–H groups in total. The minimum Gasteiger partial charge on any atom is -0.298 e. The molecule has 1 amide bonds. The summed E-state index contributed by atoms with van der Waals surface area (Å²) < 4.78 is 28.2. The highest BCUT2D eigenvalue weighted by Gasteiger charge is 2.24. The van der Waals surface area contributed by atoms with Crippen molar-refractivity contribution in [2.24, 2.45) is 0 Å². The van der Waals surface area contributed by atoms with Crippen LogP contribution in [0.25, 0.3) is 10.2 Å². The van der Waals surface area contributed by atoms with Crippen LogP contribution in [0.1, 0.15) is 37.0 Å². The first-order chi connectivity index (χ1) is 14.3. The van der Waals surface area contributed by atoms with E-state index in [1.165, 1.54) is 27.8 Å². The maximum atomic E-state index is 13.0. The van der Waals surface area contributed by atoms with Crippen molar-refractivity contribution >= 4 is 65.8 Å². The van der Waals surface area contributed by atoms with E-state index < -0.39 is 15.9 Å².